The number of hydrogen-bond acceptors (Lipinski definition) is 3. The minimum absolute atomic E-state index is 0.418. The Kier molecular flexibility index (Phi) is 6.52. The van der Waals surface area contributed by atoms with Gasteiger partial charge in [0.1, 0.15) is 5.75 Å². The molecular formula is C18H29NO2. The molecule has 21 heavy (non-hydrogen) atoms. The predicted molar refractivity (Wildman–Crippen MR) is 86.8 cm³/mol. The fourth-order valence-electron chi connectivity index (χ4n) is 3.13. The number of hydrogen-bond donors (Lipinski definition) is 1. The fraction of sp³-hybridized carbons (Fsp3) is 0.667. The average Bonchev–Trinajstić information content (AvgIpc) is 2.53. The van der Waals surface area contributed by atoms with Gasteiger partial charge >= 0.3 is 0 Å². The van der Waals surface area contributed by atoms with Gasteiger partial charge < -0.3 is 14.8 Å². The summed E-state index contributed by atoms with van der Waals surface area (Å²) >= 11 is 0. The molecule has 0 radical (unpaired) electrons. The number of benzene rings is 1. The van der Waals surface area contributed by atoms with Crippen LogP contribution < -0.4 is 10.1 Å². The molecule has 1 aliphatic rings. The van der Waals surface area contributed by atoms with Gasteiger partial charge in [-0.15, -0.1) is 0 Å². The van der Waals surface area contributed by atoms with Crippen molar-refractivity contribution in [2.75, 3.05) is 13.7 Å². The third kappa shape index (κ3) is 4.72. The van der Waals surface area contributed by atoms with Gasteiger partial charge in [0.2, 0.25) is 0 Å². The van der Waals surface area contributed by atoms with E-state index in [9.17, 15) is 0 Å². The third-order valence-electron chi connectivity index (χ3n) is 4.34. The maximum Gasteiger partial charge on any atom is 0.118 e. The fourth-order valence-corrected chi connectivity index (χ4v) is 3.13. The van der Waals surface area contributed by atoms with Crippen molar-refractivity contribution < 1.29 is 9.47 Å². The van der Waals surface area contributed by atoms with Crippen molar-refractivity contribution in [3.8, 4) is 5.75 Å². The first-order chi connectivity index (χ1) is 10.3. The van der Waals surface area contributed by atoms with E-state index in [0.717, 1.165) is 31.6 Å². The standard InChI is InChI=1S/C18H29NO2/c1-4-6-17-13-15(11-12-21-17)19-18(5-2)14-7-9-16(20-3)10-8-14/h7-10,15,17-19H,4-6,11-13H2,1-3H3. The predicted octanol–water partition coefficient (Wildman–Crippen LogP) is 4.08. The quantitative estimate of drug-likeness (QED) is 0.821. The molecule has 0 aliphatic carbocycles. The van der Waals surface area contributed by atoms with Crippen molar-refractivity contribution in [2.24, 2.45) is 0 Å². The Morgan fingerprint density at radius 2 is 2.05 bits per heavy atom. The van der Waals surface area contributed by atoms with Crippen LogP contribution in [0.1, 0.15) is 57.6 Å². The molecule has 0 amide bonds. The number of methoxy groups -OCH3 is 1. The first-order valence-corrected chi connectivity index (χ1v) is 8.28. The molecule has 118 valence electrons. The Labute approximate surface area is 129 Å². The van der Waals surface area contributed by atoms with Gasteiger partial charge in [-0.2, -0.15) is 0 Å². The lowest BCUT2D eigenvalue weighted by molar-refractivity contribution is -0.00515. The SMILES string of the molecule is CCCC1CC(NC(CC)c2ccc(OC)cc2)CCO1. The van der Waals surface area contributed by atoms with E-state index in [1.165, 1.54) is 18.4 Å². The van der Waals surface area contributed by atoms with Crippen LogP contribution in [0, 0.1) is 0 Å². The molecule has 0 saturated carbocycles. The topological polar surface area (TPSA) is 30.5 Å². The molecule has 3 heteroatoms. The van der Waals surface area contributed by atoms with Crippen LogP contribution >= 0.6 is 0 Å². The van der Waals surface area contributed by atoms with Gasteiger partial charge in [0.25, 0.3) is 0 Å². The van der Waals surface area contributed by atoms with Crippen LogP contribution in [0.4, 0.5) is 0 Å². The Morgan fingerprint density at radius 1 is 1.29 bits per heavy atom. The number of rotatable bonds is 7. The minimum Gasteiger partial charge on any atom is -0.497 e. The van der Waals surface area contributed by atoms with Gasteiger partial charge in [0.05, 0.1) is 13.2 Å². The van der Waals surface area contributed by atoms with Crippen LogP contribution in [-0.4, -0.2) is 25.9 Å². The van der Waals surface area contributed by atoms with Crippen molar-refractivity contribution in [1.82, 2.24) is 5.32 Å². The van der Waals surface area contributed by atoms with E-state index < -0.39 is 0 Å². The van der Waals surface area contributed by atoms with Crippen LogP contribution in [0.2, 0.25) is 0 Å². The molecule has 1 heterocycles. The van der Waals surface area contributed by atoms with Crippen LogP contribution in [0.3, 0.4) is 0 Å². The zero-order valence-corrected chi connectivity index (χ0v) is 13.6. The molecule has 3 atom stereocenters. The first kappa shape index (κ1) is 16.3. The largest absolute Gasteiger partial charge is 0.497 e. The summed E-state index contributed by atoms with van der Waals surface area (Å²) in [7, 11) is 1.71. The molecule has 3 nitrogen and oxygen atoms in total. The van der Waals surface area contributed by atoms with Crippen molar-refractivity contribution in [2.45, 2.75) is 64.1 Å². The Hall–Kier alpha value is -1.06. The zero-order chi connectivity index (χ0) is 15.1. The lowest BCUT2D eigenvalue weighted by Crippen LogP contribution is -2.40. The Bertz CT molecular complexity index is 402. The van der Waals surface area contributed by atoms with Crippen LogP contribution in [0.25, 0.3) is 0 Å². The van der Waals surface area contributed by atoms with E-state index in [-0.39, 0.29) is 0 Å². The molecule has 1 aliphatic heterocycles. The van der Waals surface area contributed by atoms with E-state index in [4.69, 9.17) is 9.47 Å². The second kappa shape index (κ2) is 8.40. The van der Waals surface area contributed by atoms with Crippen molar-refractivity contribution >= 4 is 0 Å². The molecule has 0 spiro atoms. The minimum atomic E-state index is 0.418. The van der Waals surface area contributed by atoms with Gasteiger partial charge in [-0.05, 0) is 43.4 Å². The molecule has 2 rings (SSSR count). The van der Waals surface area contributed by atoms with Crippen molar-refractivity contribution in [1.29, 1.82) is 0 Å². The molecule has 1 aromatic carbocycles. The van der Waals surface area contributed by atoms with Crippen LogP contribution in [0.5, 0.6) is 5.75 Å². The second-order valence-corrected chi connectivity index (χ2v) is 5.90. The van der Waals surface area contributed by atoms with E-state index >= 15 is 0 Å². The average molecular weight is 291 g/mol. The normalized spacial score (nSPS) is 23.8. The maximum atomic E-state index is 5.84. The summed E-state index contributed by atoms with van der Waals surface area (Å²) in [5, 5.41) is 3.83. The highest BCUT2D eigenvalue weighted by atomic mass is 16.5. The van der Waals surface area contributed by atoms with Crippen LogP contribution in [-0.2, 0) is 4.74 Å². The smallest absolute Gasteiger partial charge is 0.118 e. The van der Waals surface area contributed by atoms with Gasteiger partial charge in [0, 0.05) is 18.7 Å². The summed E-state index contributed by atoms with van der Waals surface area (Å²) in [6.07, 6.45) is 6.18. The van der Waals surface area contributed by atoms with Gasteiger partial charge in [-0.3, -0.25) is 0 Å². The zero-order valence-electron chi connectivity index (χ0n) is 13.6. The molecule has 1 fully saturated rings. The molecule has 0 aromatic heterocycles. The summed E-state index contributed by atoms with van der Waals surface area (Å²) < 4.78 is 11.1. The van der Waals surface area contributed by atoms with Crippen molar-refractivity contribution in [3.63, 3.8) is 0 Å². The molecule has 1 N–H and O–H groups in total. The summed E-state index contributed by atoms with van der Waals surface area (Å²) in [4.78, 5) is 0. The van der Waals surface area contributed by atoms with Crippen molar-refractivity contribution in [3.05, 3.63) is 29.8 Å². The summed E-state index contributed by atoms with van der Waals surface area (Å²) in [5.41, 5.74) is 1.34. The Balaban J connectivity index is 1.94. The first-order valence-electron chi connectivity index (χ1n) is 8.28. The monoisotopic (exact) mass is 291 g/mol. The van der Waals surface area contributed by atoms with E-state index in [1.807, 2.05) is 12.1 Å². The van der Waals surface area contributed by atoms with Gasteiger partial charge in [-0.25, -0.2) is 0 Å². The highest BCUT2D eigenvalue weighted by Gasteiger charge is 2.24. The van der Waals surface area contributed by atoms with Gasteiger partial charge in [0.15, 0.2) is 0 Å². The van der Waals surface area contributed by atoms with E-state index in [0.29, 0.717) is 18.2 Å². The molecule has 3 unspecified atom stereocenters. The summed E-state index contributed by atoms with van der Waals surface area (Å²) in [5.74, 6) is 0.919. The van der Waals surface area contributed by atoms with Gasteiger partial charge in [-0.1, -0.05) is 32.4 Å². The highest BCUT2D eigenvalue weighted by molar-refractivity contribution is 5.29. The second-order valence-electron chi connectivity index (χ2n) is 5.90. The van der Waals surface area contributed by atoms with E-state index in [1.54, 1.807) is 7.11 Å². The molecule has 0 bridgehead atoms. The summed E-state index contributed by atoms with van der Waals surface area (Å²) in [6, 6.07) is 9.42. The molecule has 1 aromatic rings. The van der Waals surface area contributed by atoms with Crippen LogP contribution in [0.15, 0.2) is 24.3 Å². The maximum absolute atomic E-state index is 5.84. The molecular weight excluding hydrogens is 262 g/mol. The highest BCUT2D eigenvalue weighted by Crippen LogP contribution is 2.24. The van der Waals surface area contributed by atoms with E-state index in [2.05, 4.69) is 31.3 Å². The third-order valence-corrected chi connectivity index (χ3v) is 4.34. The lowest BCUT2D eigenvalue weighted by atomic mass is 9.97. The molecule has 1 saturated heterocycles. The summed E-state index contributed by atoms with van der Waals surface area (Å²) in [6.45, 7) is 5.36. The lowest BCUT2D eigenvalue weighted by Gasteiger charge is -2.33. The Morgan fingerprint density at radius 3 is 2.67 bits per heavy atom. The number of nitrogens with one attached hydrogen (secondary N) is 1. The number of ether oxygens (including phenoxy) is 2.